The van der Waals surface area contributed by atoms with Crippen LogP contribution in [0.5, 0.6) is 11.5 Å². The number of fused-ring (bicyclic) bond motifs is 1. The zero-order valence-corrected chi connectivity index (χ0v) is 13.0. The van der Waals surface area contributed by atoms with Gasteiger partial charge in [0, 0.05) is 16.9 Å². The number of benzene rings is 1. The molecule has 0 unspecified atom stereocenters. The summed E-state index contributed by atoms with van der Waals surface area (Å²) in [6, 6.07) is 5.06. The fraction of sp³-hybridized carbons (Fsp3) is 0.143. The third-order valence-electron chi connectivity index (χ3n) is 2.80. The van der Waals surface area contributed by atoms with Gasteiger partial charge < -0.3 is 14.2 Å². The highest BCUT2D eigenvalue weighted by Crippen LogP contribution is 2.39. The Kier molecular flexibility index (Phi) is 3.98. The topological polar surface area (TPSA) is 57.7 Å². The molecule has 2 heterocycles. The normalized spacial score (nSPS) is 12.3. The predicted molar refractivity (Wildman–Crippen MR) is 78.6 cm³/mol. The molecular weight excluding hydrogens is 362 g/mol. The molecule has 1 aromatic carbocycles. The molecular formula is C14H9BrClNO4. The van der Waals surface area contributed by atoms with E-state index in [1.165, 1.54) is 6.20 Å². The highest BCUT2D eigenvalue weighted by molar-refractivity contribution is 9.10. The van der Waals surface area contributed by atoms with E-state index in [1.54, 1.807) is 24.4 Å². The average Bonchev–Trinajstić information content (AvgIpc) is 2.93. The standard InChI is InChI=1S/C14H9BrClNO4/c15-10-3-9(4-17-5-10)14(18)19-6-8-1-11(16)13-12(2-8)20-7-21-13/h1-5H,6-7H2. The lowest BCUT2D eigenvalue weighted by Gasteiger charge is -2.07. The monoisotopic (exact) mass is 369 g/mol. The number of esters is 1. The Morgan fingerprint density at radius 1 is 1.33 bits per heavy atom. The summed E-state index contributed by atoms with van der Waals surface area (Å²) in [6.07, 6.45) is 3.04. The minimum atomic E-state index is -0.461. The lowest BCUT2D eigenvalue weighted by molar-refractivity contribution is 0.0472. The number of hydrogen-bond acceptors (Lipinski definition) is 5. The fourth-order valence-corrected chi connectivity index (χ4v) is 2.51. The van der Waals surface area contributed by atoms with E-state index < -0.39 is 5.97 Å². The van der Waals surface area contributed by atoms with Crippen LogP contribution in [0, 0.1) is 0 Å². The molecule has 7 heteroatoms. The Balaban J connectivity index is 1.71. The Labute approximate surface area is 133 Å². The second kappa shape index (κ2) is 5.91. The quantitative estimate of drug-likeness (QED) is 0.773. The van der Waals surface area contributed by atoms with Crippen molar-refractivity contribution in [2.45, 2.75) is 6.61 Å². The zero-order chi connectivity index (χ0) is 14.8. The number of halogens is 2. The second-order valence-corrected chi connectivity index (χ2v) is 5.60. The lowest BCUT2D eigenvalue weighted by Crippen LogP contribution is -2.05. The van der Waals surface area contributed by atoms with Gasteiger partial charge >= 0.3 is 5.97 Å². The maximum atomic E-state index is 11.9. The molecule has 0 bridgehead atoms. The van der Waals surface area contributed by atoms with Crippen molar-refractivity contribution in [3.63, 3.8) is 0 Å². The molecule has 0 N–H and O–H groups in total. The van der Waals surface area contributed by atoms with E-state index in [0.717, 1.165) is 5.56 Å². The number of carbonyl (C=O) groups is 1. The van der Waals surface area contributed by atoms with Crippen LogP contribution >= 0.6 is 27.5 Å². The molecule has 1 aromatic heterocycles. The van der Waals surface area contributed by atoms with Gasteiger partial charge in [-0.1, -0.05) is 11.6 Å². The smallest absolute Gasteiger partial charge is 0.340 e. The van der Waals surface area contributed by atoms with Crippen LogP contribution in [0.25, 0.3) is 0 Å². The van der Waals surface area contributed by atoms with E-state index in [2.05, 4.69) is 20.9 Å². The first-order chi connectivity index (χ1) is 10.1. The van der Waals surface area contributed by atoms with Gasteiger partial charge in [0.2, 0.25) is 6.79 Å². The fourth-order valence-electron chi connectivity index (χ4n) is 1.86. The highest BCUT2D eigenvalue weighted by atomic mass is 79.9. The molecule has 21 heavy (non-hydrogen) atoms. The van der Waals surface area contributed by atoms with Crippen LogP contribution in [0.1, 0.15) is 15.9 Å². The first-order valence-electron chi connectivity index (χ1n) is 5.99. The summed E-state index contributed by atoms with van der Waals surface area (Å²) in [7, 11) is 0. The van der Waals surface area contributed by atoms with Crippen molar-refractivity contribution in [3.05, 3.63) is 51.2 Å². The number of nitrogens with zero attached hydrogens (tertiary/aromatic N) is 1. The van der Waals surface area contributed by atoms with Crippen molar-refractivity contribution in [2.75, 3.05) is 6.79 Å². The maximum absolute atomic E-state index is 11.9. The third kappa shape index (κ3) is 3.11. The van der Waals surface area contributed by atoms with Crippen molar-refractivity contribution in [3.8, 4) is 11.5 Å². The molecule has 0 amide bonds. The predicted octanol–water partition coefficient (Wildman–Crippen LogP) is 3.58. The van der Waals surface area contributed by atoms with Crippen LogP contribution in [-0.2, 0) is 11.3 Å². The summed E-state index contributed by atoms with van der Waals surface area (Å²) < 4.78 is 16.4. The molecule has 0 fully saturated rings. The molecule has 1 aliphatic rings. The Morgan fingerprint density at radius 3 is 3.00 bits per heavy atom. The summed E-state index contributed by atoms with van der Waals surface area (Å²) in [5, 5.41) is 0.431. The number of ether oxygens (including phenoxy) is 3. The number of carbonyl (C=O) groups excluding carboxylic acids is 1. The van der Waals surface area contributed by atoms with Crippen LogP contribution in [0.3, 0.4) is 0 Å². The number of pyridine rings is 1. The van der Waals surface area contributed by atoms with E-state index >= 15 is 0 Å². The first-order valence-corrected chi connectivity index (χ1v) is 7.16. The van der Waals surface area contributed by atoms with Crippen LogP contribution in [0.2, 0.25) is 5.02 Å². The average molecular weight is 371 g/mol. The summed E-state index contributed by atoms with van der Waals surface area (Å²) in [6.45, 7) is 0.226. The van der Waals surface area contributed by atoms with E-state index in [0.29, 0.717) is 26.6 Å². The Bertz CT molecular complexity index is 707. The minimum Gasteiger partial charge on any atom is -0.457 e. The Hall–Kier alpha value is -1.79. The number of aromatic nitrogens is 1. The molecule has 5 nitrogen and oxygen atoms in total. The summed E-state index contributed by atoms with van der Waals surface area (Å²) in [5.41, 5.74) is 1.09. The van der Waals surface area contributed by atoms with Crippen LogP contribution in [0.15, 0.2) is 35.1 Å². The first kappa shape index (κ1) is 14.2. The maximum Gasteiger partial charge on any atom is 0.340 e. The zero-order valence-electron chi connectivity index (χ0n) is 10.6. The van der Waals surface area contributed by atoms with Crippen LogP contribution in [0.4, 0.5) is 0 Å². The second-order valence-electron chi connectivity index (χ2n) is 4.28. The lowest BCUT2D eigenvalue weighted by atomic mass is 10.2. The van der Waals surface area contributed by atoms with Gasteiger partial charge in [-0.3, -0.25) is 4.98 Å². The van der Waals surface area contributed by atoms with Gasteiger partial charge in [0.1, 0.15) is 6.61 Å². The van der Waals surface area contributed by atoms with Gasteiger partial charge in [-0.15, -0.1) is 0 Å². The molecule has 0 aliphatic carbocycles. The van der Waals surface area contributed by atoms with Gasteiger partial charge in [0.15, 0.2) is 11.5 Å². The van der Waals surface area contributed by atoms with Crippen molar-refractivity contribution < 1.29 is 19.0 Å². The van der Waals surface area contributed by atoms with Gasteiger partial charge in [0.25, 0.3) is 0 Å². The van der Waals surface area contributed by atoms with E-state index in [1.807, 2.05) is 0 Å². The van der Waals surface area contributed by atoms with Crippen molar-refractivity contribution in [2.24, 2.45) is 0 Å². The number of rotatable bonds is 3. The van der Waals surface area contributed by atoms with Gasteiger partial charge in [-0.05, 0) is 39.7 Å². The van der Waals surface area contributed by atoms with Gasteiger partial charge in [-0.25, -0.2) is 4.79 Å². The molecule has 0 saturated heterocycles. The summed E-state index contributed by atoms with van der Waals surface area (Å²) in [4.78, 5) is 15.8. The molecule has 0 spiro atoms. The van der Waals surface area contributed by atoms with Crippen molar-refractivity contribution in [1.29, 1.82) is 0 Å². The van der Waals surface area contributed by atoms with Gasteiger partial charge in [-0.2, -0.15) is 0 Å². The van der Waals surface area contributed by atoms with Crippen molar-refractivity contribution in [1.82, 2.24) is 4.98 Å². The number of hydrogen-bond donors (Lipinski definition) is 0. The molecule has 0 radical (unpaired) electrons. The summed E-state index contributed by atoms with van der Waals surface area (Å²) in [5.74, 6) is 0.609. The minimum absolute atomic E-state index is 0.0850. The third-order valence-corrected chi connectivity index (χ3v) is 3.51. The molecule has 0 atom stereocenters. The van der Waals surface area contributed by atoms with E-state index in [9.17, 15) is 4.79 Å². The SMILES string of the molecule is O=C(OCc1cc(Cl)c2c(c1)OCO2)c1cncc(Br)c1. The van der Waals surface area contributed by atoms with Crippen LogP contribution < -0.4 is 9.47 Å². The van der Waals surface area contributed by atoms with E-state index in [4.69, 9.17) is 25.8 Å². The molecule has 108 valence electrons. The molecule has 3 rings (SSSR count). The molecule has 2 aromatic rings. The largest absolute Gasteiger partial charge is 0.457 e. The van der Waals surface area contributed by atoms with Gasteiger partial charge in [0.05, 0.1) is 10.6 Å². The summed E-state index contributed by atoms with van der Waals surface area (Å²) >= 11 is 9.32. The van der Waals surface area contributed by atoms with Crippen molar-refractivity contribution >= 4 is 33.5 Å². The van der Waals surface area contributed by atoms with E-state index in [-0.39, 0.29) is 13.4 Å². The Morgan fingerprint density at radius 2 is 2.19 bits per heavy atom. The molecule has 1 aliphatic heterocycles. The molecule has 0 saturated carbocycles. The highest BCUT2D eigenvalue weighted by Gasteiger charge is 2.19. The van der Waals surface area contributed by atoms with Crippen LogP contribution in [-0.4, -0.2) is 17.7 Å².